The normalized spacial score (nSPS) is 13.8. The van der Waals surface area contributed by atoms with Gasteiger partial charge in [0.05, 0.1) is 11.1 Å². The van der Waals surface area contributed by atoms with E-state index in [0.717, 1.165) is 4.90 Å². The molecular weight excluding hydrogens is 296 g/mol. The number of nitrogens with one attached hydrogen (secondary N) is 1. The molecule has 6 nitrogen and oxygen atoms in total. The Morgan fingerprint density at radius 3 is 2.43 bits per heavy atom. The highest BCUT2D eigenvalue weighted by Gasteiger charge is 2.42. The van der Waals surface area contributed by atoms with Gasteiger partial charge in [-0.2, -0.15) is 0 Å². The number of hydrogen-bond acceptors (Lipinski definition) is 4. The van der Waals surface area contributed by atoms with E-state index in [9.17, 15) is 19.2 Å². The van der Waals surface area contributed by atoms with Gasteiger partial charge in [-0.1, -0.05) is 26.0 Å². The van der Waals surface area contributed by atoms with Crippen molar-refractivity contribution in [2.75, 3.05) is 7.05 Å². The summed E-state index contributed by atoms with van der Waals surface area (Å²) in [7, 11) is 1.43. The SMILES string of the molecule is CC.CNC(=O)C(CCC=O)N1C(=O)c2cccc(C)c2C1=O. The van der Waals surface area contributed by atoms with E-state index in [1.807, 2.05) is 13.8 Å². The number of aryl methyl sites for hydroxylation is 1. The zero-order valence-electron chi connectivity index (χ0n) is 13.9. The fourth-order valence-electron chi connectivity index (χ4n) is 2.53. The van der Waals surface area contributed by atoms with Gasteiger partial charge < -0.3 is 10.1 Å². The number of benzene rings is 1. The summed E-state index contributed by atoms with van der Waals surface area (Å²) in [6.45, 7) is 5.74. The third-order valence-electron chi connectivity index (χ3n) is 3.57. The second kappa shape index (κ2) is 8.22. The molecule has 1 heterocycles. The molecule has 0 saturated carbocycles. The third kappa shape index (κ3) is 3.47. The molecule has 3 amide bonds. The van der Waals surface area contributed by atoms with E-state index in [0.29, 0.717) is 23.0 Å². The molecule has 1 aromatic carbocycles. The molecule has 124 valence electrons. The van der Waals surface area contributed by atoms with E-state index in [1.165, 1.54) is 7.05 Å². The number of amides is 3. The molecule has 0 saturated heterocycles. The number of imide groups is 1. The molecular formula is C17H22N2O4. The molecule has 0 radical (unpaired) electrons. The molecule has 23 heavy (non-hydrogen) atoms. The zero-order valence-corrected chi connectivity index (χ0v) is 13.9. The Balaban J connectivity index is 0.00000127. The van der Waals surface area contributed by atoms with E-state index >= 15 is 0 Å². The molecule has 0 aromatic heterocycles. The van der Waals surface area contributed by atoms with Gasteiger partial charge in [0.15, 0.2) is 0 Å². The Morgan fingerprint density at radius 2 is 1.91 bits per heavy atom. The molecule has 0 bridgehead atoms. The van der Waals surface area contributed by atoms with Gasteiger partial charge >= 0.3 is 0 Å². The molecule has 0 spiro atoms. The fraction of sp³-hybridized carbons (Fsp3) is 0.412. The van der Waals surface area contributed by atoms with Crippen LogP contribution in [0.15, 0.2) is 18.2 Å². The van der Waals surface area contributed by atoms with Gasteiger partial charge in [-0.25, -0.2) is 0 Å². The van der Waals surface area contributed by atoms with Gasteiger partial charge in [0, 0.05) is 13.5 Å². The summed E-state index contributed by atoms with van der Waals surface area (Å²) in [6, 6.07) is 4.05. The largest absolute Gasteiger partial charge is 0.357 e. The first kappa shape index (κ1) is 18.5. The minimum absolute atomic E-state index is 0.102. The van der Waals surface area contributed by atoms with Crippen LogP contribution in [0.25, 0.3) is 0 Å². The molecule has 6 heteroatoms. The first-order valence-electron chi connectivity index (χ1n) is 7.65. The minimum atomic E-state index is -0.966. The Morgan fingerprint density at radius 1 is 1.26 bits per heavy atom. The zero-order chi connectivity index (χ0) is 17.6. The molecule has 0 aliphatic carbocycles. The van der Waals surface area contributed by atoms with Gasteiger partial charge in [0.2, 0.25) is 5.91 Å². The Bertz CT molecular complexity index is 625. The standard InChI is InChI=1S/C15H16N2O4.C2H6/c1-9-5-3-6-10-12(9)15(21)17(14(10)20)11(7-4-8-18)13(19)16-2;1-2/h3,5-6,8,11H,4,7H2,1-2H3,(H,16,19);1-2H3. The number of fused-ring (bicyclic) bond motifs is 1. The van der Waals surface area contributed by atoms with Crippen molar-refractivity contribution in [1.82, 2.24) is 10.2 Å². The van der Waals surface area contributed by atoms with E-state index in [4.69, 9.17) is 0 Å². The number of carbonyl (C=O) groups is 4. The predicted molar refractivity (Wildman–Crippen MR) is 86.2 cm³/mol. The molecule has 1 aliphatic heterocycles. The predicted octanol–water partition coefficient (Wildman–Crippen LogP) is 1.71. The molecule has 1 atom stereocenters. The first-order chi connectivity index (χ1) is 11.0. The van der Waals surface area contributed by atoms with E-state index in [-0.39, 0.29) is 12.8 Å². The Hall–Kier alpha value is -2.50. The maximum absolute atomic E-state index is 12.5. The lowest BCUT2D eigenvalue weighted by molar-refractivity contribution is -0.124. The van der Waals surface area contributed by atoms with Crippen LogP contribution in [0.4, 0.5) is 0 Å². The van der Waals surface area contributed by atoms with E-state index in [2.05, 4.69) is 5.32 Å². The van der Waals surface area contributed by atoms with Crippen molar-refractivity contribution in [3.63, 3.8) is 0 Å². The number of likely N-dealkylation sites (N-methyl/N-ethyl adjacent to an activating group) is 1. The summed E-state index contributed by atoms with van der Waals surface area (Å²) in [6.07, 6.45) is 0.886. The lowest BCUT2D eigenvalue weighted by Crippen LogP contribution is -2.48. The summed E-state index contributed by atoms with van der Waals surface area (Å²) < 4.78 is 0. The molecule has 1 N–H and O–H groups in total. The number of carbonyl (C=O) groups excluding carboxylic acids is 4. The minimum Gasteiger partial charge on any atom is -0.357 e. The summed E-state index contributed by atoms with van der Waals surface area (Å²) >= 11 is 0. The van der Waals surface area contributed by atoms with Gasteiger partial charge in [0.1, 0.15) is 12.3 Å². The second-order valence-electron chi connectivity index (χ2n) is 4.85. The first-order valence-corrected chi connectivity index (χ1v) is 7.65. The number of nitrogens with zero attached hydrogens (tertiary/aromatic N) is 1. The maximum Gasteiger partial charge on any atom is 0.262 e. The molecule has 1 unspecified atom stereocenters. The van der Waals surface area contributed by atoms with Gasteiger partial charge in [-0.05, 0) is 25.0 Å². The lowest BCUT2D eigenvalue weighted by atomic mass is 10.0. The van der Waals surface area contributed by atoms with E-state index in [1.54, 1.807) is 25.1 Å². The van der Waals surface area contributed by atoms with Crippen LogP contribution in [0, 0.1) is 6.92 Å². The van der Waals surface area contributed by atoms with Crippen molar-refractivity contribution in [2.24, 2.45) is 0 Å². The molecule has 2 rings (SSSR count). The molecule has 1 aliphatic rings. The Kier molecular flexibility index (Phi) is 6.63. The number of hydrogen-bond donors (Lipinski definition) is 1. The topological polar surface area (TPSA) is 83.6 Å². The van der Waals surface area contributed by atoms with Crippen LogP contribution in [0.2, 0.25) is 0 Å². The fourth-order valence-corrected chi connectivity index (χ4v) is 2.53. The highest BCUT2D eigenvalue weighted by atomic mass is 16.2. The van der Waals surface area contributed by atoms with Gasteiger partial charge in [-0.3, -0.25) is 19.3 Å². The summed E-state index contributed by atoms with van der Waals surface area (Å²) in [5, 5.41) is 2.43. The second-order valence-corrected chi connectivity index (χ2v) is 4.85. The smallest absolute Gasteiger partial charge is 0.262 e. The monoisotopic (exact) mass is 318 g/mol. The summed E-state index contributed by atoms with van der Waals surface area (Å²) in [4.78, 5) is 48.4. The molecule has 1 aromatic rings. The van der Waals surface area contributed by atoms with Crippen molar-refractivity contribution in [3.05, 3.63) is 34.9 Å². The summed E-state index contributed by atoms with van der Waals surface area (Å²) in [5.74, 6) is -1.42. The van der Waals surface area contributed by atoms with Crippen LogP contribution in [0.1, 0.15) is 53.0 Å². The Labute approximate surface area is 135 Å². The van der Waals surface area contributed by atoms with Crippen LogP contribution in [0.5, 0.6) is 0 Å². The maximum atomic E-state index is 12.5. The van der Waals surface area contributed by atoms with Crippen molar-refractivity contribution in [2.45, 2.75) is 39.7 Å². The average molecular weight is 318 g/mol. The van der Waals surface area contributed by atoms with Crippen molar-refractivity contribution in [3.8, 4) is 0 Å². The third-order valence-corrected chi connectivity index (χ3v) is 3.57. The van der Waals surface area contributed by atoms with Crippen LogP contribution in [-0.2, 0) is 9.59 Å². The number of rotatable bonds is 5. The molecule has 0 fully saturated rings. The van der Waals surface area contributed by atoms with E-state index < -0.39 is 23.8 Å². The van der Waals surface area contributed by atoms with Crippen LogP contribution < -0.4 is 5.32 Å². The lowest BCUT2D eigenvalue weighted by Gasteiger charge is -2.24. The van der Waals surface area contributed by atoms with Crippen LogP contribution in [-0.4, -0.2) is 42.0 Å². The van der Waals surface area contributed by atoms with Crippen molar-refractivity contribution >= 4 is 24.0 Å². The van der Waals surface area contributed by atoms with Gasteiger partial charge in [0.25, 0.3) is 11.8 Å². The van der Waals surface area contributed by atoms with Gasteiger partial charge in [-0.15, -0.1) is 0 Å². The highest BCUT2D eigenvalue weighted by molar-refractivity contribution is 6.23. The quantitative estimate of drug-likeness (QED) is 0.662. The van der Waals surface area contributed by atoms with Crippen molar-refractivity contribution in [1.29, 1.82) is 0 Å². The average Bonchev–Trinajstić information content (AvgIpc) is 2.82. The van der Waals surface area contributed by atoms with Crippen molar-refractivity contribution < 1.29 is 19.2 Å². The highest BCUT2D eigenvalue weighted by Crippen LogP contribution is 2.28. The summed E-state index contributed by atoms with van der Waals surface area (Å²) in [5.41, 5.74) is 1.34. The van der Waals surface area contributed by atoms with Crippen LogP contribution in [0.3, 0.4) is 0 Å². The van der Waals surface area contributed by atoms with Crippen LogP contribution >= 0.6 is 0 Å². The number of aldehydes is 1.